The van der Waals surface area contributed by atoms with Gasteiger partial charge in [-0.15, -0.1) is 0 Å². The predicted octanol–water partition coefficient (Wildman–Crippen LogP) is 3.97. The van der Waals surface area contributed by atoms with Gasteiger partial charge in [0.15, 0.2) is 0 Å². The SMILES string of the molecule is NC(=O)[C@@]1(Cc2ccccc2-c2cccnc2)CCN(C(=O)CCC2CCCC2)C1. The molecule has 2 aliphatic rings. The maximum Gasteiger partial charge on any atom is 0.225 e. The number of hydrogen-bond donors (Lipinski definition) is 1. The Morgan fingerprint density at radius 3 is 2.67 bits per heavy atom. The molecule has 0 bridgehead atoms. The van der Waals surface area contributed by atoms with Gasteiger partial charge >= 0.3 is 0 Å². The number of likely N-dealkylation sites (tertiary alicyclic amines) is 1. The molecule has 1 aromatic carbocycles. The molecule has 5 nitrogen and oxygen atoms in total. The van der Waals surface area contributed by atoms with Crippen molar-refractivity contribution in [2.45, 2.75) is 51.4 Å². The third-order valence-electron chi connectivity index (χ3n) is 6.99. The molecule has 1 aliphatic carbocycles. The third kappa shape index (κ3) is 4.40. The molecule has 0 radical (unpaired) electrons. The molecule has 5 heteroatoms. The minimum absolute atomic E-state index is 0.172. The van der Waals surface area contributed by atoms with E-state index in [-0.39, 0.29) is 11.8 Å². The van der Waals surface area contributed by atoms with E-state index in [0.717, 1.165) is 23.1 Å². The topological polar surface area (TPSA) is 76.3 Å². The zero-order valence-electron chi connectivity index (χ0n) is 17.6. The van der Waals surface area contributed by atoms with Crippen LogP contribution < -0.4 is 5.73 Å². The second-order valence-electron chi connectivity index (χ2n) is 8.97. The van der Waals surface area contributed by atoms with Gasteiger partial charge in [-0.2, -0.15) is 0 Å². The molecule has 2 aromatic rings. The number of aromatic nitrogens is 1. The normalized spacial score (nSPS) is 21.8. The first-order valence-electron chi connectivity index (χ1n) is 11.1. The highest BCUT2D eigenvalue weighted by Crippen LogP contribution is 2.37. The number of amides is 2. The Morgan fingerprint density at radius 2 is 1.93 bits per heavy atom. The predicted molar refractivity (Wildman–Crippen MR) is 117 cm³/mol. The number of primary amides is 1. The first kappa shape index (κ1) is 20.6. The summed E-state index contributed by atoms with van der Waals surface area (Å²) in [4.78, 5) is 31.5. The molecule has 2 amide bonds. The summed E-state index contributed by atoms with van der Waals surface area (Å²) < 4.78 is 0. The number of carbonyl (C=O) groups is 2. The Hall–Kier alpha value is -2.69. The van der Waals surface area contributed by atoms with Crippen molar-refractivity contribution in [3.05, 3.63) is 54.4 Å². The molecule has 2 heterocycles. The lowest BCUT2D eigenvalue weighted by molar-refractivity contribution is -0.132. The lowest BCUT2D eigenvalue weighted by Gasteiger charge is -2.27. The minimum Gasteiger partial charge on any atom is -0.369 e. The summed E-state index contributed by atoms with van der Waals surface area (Å²) in [5.41, 5.74) is 8.37. The van der Waals surface area contributed by atoms with E-state index in [0.29, 0.717) is 38.3 Å². The largest absolute Gasteiger partial charge is 0.369 e. The summed E-state index contributed by atoms with van der Waals surface area (Å²) in [6, 6.07) is 12.0. The molecule has 158 valence electrons. The summed E-state index contributed by atoms with van der Waals surface area (Å²) >= 11 is 0. The van der Waals surface area contributed by atoms with E-state index in [1.54, 1.807) is 6.20 Å². The highest BCUT2D eigenvalue weighted by molar-refractivity contribution is 5.85. The van der Waals surface area contributed by atoms with Crippen LogP contribution in [0.4, 0.5) is 0 Å². The number of benzene rings is 1. The van der Waals surface area contributed by atoms with E-state index in [9.17, 15) is 9.59 Å². The number of rotatable bonds is 7. The average molecular weight is 406 g/mol. The summed E-state index contributed by atoms with van der Waals surface area (Å²) in [5, 5.41) is 0. The van der Waals surface area contributed by atoms with Gasteiger partial charge < -0.3 is 10.6 Å². The molecule has 1 saturated carbocycles. The summed E-state index contributed by atoms with van der Waals surface area (Å²) in [7, 11) is 0. The second-order valence-corrected chi connectivity index (χ2v) is 8.97. The fourth-order valence-corrected chi connectivity index (χ4v) is 5.15. The molecule has 4 rings (SSSR count). The van der Waals surface area contributed by atoms with Gasteiger partial charge in [0, 0.05) is 37.5 Å². The summed E-state index contributed by atoms with van der Waals surface area (Å²) in [6.45, 7) is 1.04. The van der Waals surface area contributed by atoms with Crippen LogP contribution in [0, 0.1) is 11.3 Å². The van der Waals surface area contributed by atoms with E-state index >= 15 is 0 Å². The van der Waals surface area contributed by atoms with Crippen LogP contribution in [0.2, 0.25) is 0 Å². The van der Waals surface area contributed by atoms with Crippen LogP contribution in [-0.4, -0.2) is 34.8 Å². The highest BCUT2D eigenvalue weighted by atomic mass is 16.2. The standard InChI is InChI=1S/C25H31N3O2/c26-24(30)25(13-15-28(18-25)23(29)12-11-19-6-1-2-7-19)16-20-8-3-4-10-22(20)21-9-5-14-27-17-21/h3-5,8-10,14,17,19H,1-2,6-7,11-13,15-16,18H2,(H2,26,30)/t25-/m1/s1. The Kier molecular flexibility index (Phi) is 6.16. The Labute approximate surface area is 178 Å². The molecule has 30 heavy (non-hydrogen) atoms. The lowest BCUT2D eigenvalue weighted by Crippen LogP contribution is -2.42. The number of pyridine rings is 1. The number of nitrogens with zero attached hydrogens (tertiary/aromatic N) is 2. The van der Waals surface area contributed by atoms with Crippen LogP contribution in [0.5, 0.6) is 0 Å². The van der Waals surface area contributed by atoms with Crippen molar-refractivity contribution in [2.24, 2.45) is 17.1 Å². The quantitative estimate of drug-likeness (QED) is 0.757. The zero-order chi connectivity index (χ0) is 21.0. The van der Waals surface area contributed by atoms with Gasteiger partial charge in [-0.1, -0.05) is 56.0 Å². The maximum atomic E-state index is 12.8. The van der Waals surface area contributed by atoms with E-state index in [4.69, 9.17) is 5.73 Å². The van der Waals surface area contributed by atoms with E-state index in [1.165, 1.54) is 25.7 Å². The third-order valence-corrected chi connectivity index (χ3v) is 6.99. The molecule has 1 saturated heterocycles. The molecule has 1 atom stereocenters. The smallest absolute Gasteiger partial charge is 0.225 e. The molecular weight excluding hydrogens is 374 g/mol. The van der Waals surface area contributed by atoms with Gasteiger partial charge in [0.05, 0.1) is 5.41 Å². The van der Waals surface area contributed by atoms with Crippen molar-refractivity contribution >= 4 is 11.8 Å². The van der Waals surface area contributed by atoms with Crippen LogP contribution in [0.3, 0.4) is 0 Å². The first-order valence-corrected chi connectivity index (χ1v) is 11.1. The van der Waals surface area contributed by atoms with Crippen molar-refractivity contribution in [3.63, 3.8) is 0 Å². The van der Waals surface area contributed by atoms with Gasteiger partial charge in [0.2, 0.25) is 11.8 Å². The van der Waals surface area contributed by atoms with Crippen LogP contribution in [0.1, 0.15) is 50.5 Å². The summed E-state index contributed by atoms with van der Waals surface area (Å²) in [5.74, 6) is 0.559. The number of carbonyl (C=O) groups excluding carboxylic acids is 2. The van der Waals surface area contributed by atoms with Crippen molar-refractivity contribution < 1.29 is 9.59 Å². The van der Waals surface area contributed by atoms with E-state index < -0.39 is 5.41 Å². The van der Waals surface area contributed by atoms with Crippen molar-refractivity contribution in [2.75, 3.05) is 13.1 Å². The van der Waals surface area contributed by atoms with Gasteiger partial charge in [-0.3, -0.25) is 14.6 Å². The number of hydrogen-bond acceptors (Lipinski definition) is 3. The van der Waals surface area contributed by atoms with Crippen LogP contribution in [0.25, 0.3) is 11.1 Å². The van der Waals surface area contributed by atoms with E-state index in [2.05, 4.69) is 17.1 Å². The molecular formula is C25H31N3O2. The van der Waals surface area contributed by atoms with Crippen molar-refractivity contribution in [1.29, 1.82) is 0 Å². The Balaban J connectivity index is 1.48. The van der Waals surface area contributed by atoms with Crippen LogP contribution in [-0.2, 0) is 16.0 Å². The van der Waals surface area contributed by atoms with Crippen LogP contribution in [0.15, 0.2) is 48.8 Å². The van der Waals surface area contributed by atoms with Gasteiger partial charge in [0.25, 0.3) is 0 Å². The second kappa shape index (κ2) is 8.99. The Bertz CT molecular complexity index is 892. The fraction of sp³-hybridized carbons (Fsp3) is 0.480. The summed E-state index contributed by atoms with van der Waals surface area (Å²) in [6.07, 6.45) is 11.4. The Morgan fingerprint density at radius 1 is 1.13 bits per heavy atom. The molecule has 2 fully saturated rings. The zero-order valence-corrected chi connectivity index (χ0v) is 17.6. The first-order chi connectivity index (χ1) is 14.6. The maximum absolute atomic E-state index is 12.8. The van der Waals surface area contributed by atoms with Crippen molar-refractivity contribution in [1.82, 2.24) is 9.88 Å². The monoisotopic (exact) mass is 405 g/mol. The van der Waals surface area contributed by atoms with Gasteiger partial charge in [-0.05, 0) is 42.4 Å². The molecule has 0 unspecified atom stereocenters. The highest BCUT2D eigenvalue weighted by Gasteiger charge is 2.45. The molecule has 1 aliphatic heterocycles. The minimum atomic E-state index is -0.707. The van der Waals surface area contributed by atoms with Crippen LogP contribution >= 0.6 is 0 Å². The molecule has 0 spiro atoms. The number of nitrogens with two attached hydrogens (primary N) is 1. The van der Waals surface area contributed by atoms with Gasteiger partial charge in [-0.25, -0.2) is 0 Å². The van der Waals surface area contributed by atoms with Crippen molar-refractivity contribution in [3.8, 4) is 11.1 Å². The van der Waals surface area contributed by atoms with E-state index in [1.807, 2.05) is 35.4 Å². The molecule has 2 N–H and O–H groups in total. The van der Waals surface area contributed by atoms with Gasteiger partial charge in [0.1, 0.15) is 0 Å². The lowest BCUT2D eigenvalue weighted by atomic mass is 9.78. The fourth-order valence-electron chi connectivity index (χ4n) is 5.15. The molecule has 1 aromatic heterocycles. The average Bonchev–Trinajstić information content (AvgIpc) is 3.44.